The third kappa shape index (κ3) is 5.22. The van der Waals surface area contributed by atoms with Crippen LogP contribution in [0.15, 0.2) is 23.5 Å². The number of esters is 1. The quantitative estimate of drug-likeness (QED) is 0.466. The number of ether oxygens (including phenoxy) is 1. The minimum atomic E-state index is -1.04. The molecule has 2 aromatic rings. The van der Waals surface area contributed by atoms with E-state index in [1.165, 1.54) is 20.0 Å². The van der Waals surface area contributed by atoms with Crippen LogP contribution in [0.1, 0.15) is 59.3 Å². The van der Waals surface area contributed by atoms with Crippen molar-refractivity contribution in [1.29, 1.82) is 0 Å². The number of nitrogens with one attached hydrogen (secondary N) is 1. The van der Waals surface area contributed by atoms with Gasteiger partial charge in [0.05, 0.1) is 34.2 Å². The molecule has 2 fully saturated rings. The van der Waals surface area contributed by atoms with Gasteiger partial charge in [-0.25, -0.2) is 18.9 Å². The smallest absolute Gasteiger partial charge is 0.306 e. The van der Waals surface area contributed by atoms with E-state index in [9.17, 15) is 9.00 Å². The number of carbonyl (C=O) groups excluding carboxylic acids is 1. The van der Waals surface area contributed by atoms with E-state index >= 15 is 0 Å². The van der Waals surface area contributed by atoms with Crippen LogP contribution in [0.25, 0.3) is 5.65 Å². The zero-order valence-electron chi connectivity index (χ0n) is 20.0. The summed E-state index contributed by atoms with van der Waals surface area (Å²) in [6, 6.07) is 0.314. The minimum Gasteiger partial charge on any atom is -0.469 e. The van der Waals surface area contributed by atoms with Crippen molar-refractivity contribution in [3.05, 3.63) is 18.6 Å². The largest absolute Gasteiger partial charge is 0.469 e. The van der Waals surface area contributed by atoms with E-state index in [2.05, 4.69) is 19.0 Å². The number of carbonyl (C=O) groups is 1. The van der Waals surface area contributed by atoms with Crippen LogP contribution in [0.2, 0.25) is 0 Å². The number of imidazole rings is 1. The molecule has 3 heterocycles. The second kappa shape index (κ2) is 9.92. The zero-order chi connectivity index (χ0) is 23.6. The molecule has 33 heavy (non-hydrogen) atoms. The van der Waals surface area contributed by atoms with Gasteiger partial charge in [-0.3, -0.25) is 9.20 Å². The summed E-state index contributed by atoms with van der Waals surface area (Å²) in [4.78, 5) is 24.1. The van der Waals surface area contributed by atoms with Crippen molar-refractivity contribution in [3.8, 4) is 0 Å². The number of hydrogen-bond donors (Lipinski definition) is 1. The fraction of sp³-hybridized carbons (Fsp3) is 0.696. The zero-order valence-corrected chi connectivity index (χ0v) is 21.6. The second-order valence-electron chi connectivity index (χ2n) is 10.0. The fourth-order valence-corrected chi connectivity index (χ4v) is 6.82. The van der Waals surface area contributed by atoms with Gasteiger partial charge >= 0.3 is 5.97 Å². The predicted molar refractivity (Wildman–Crippen MR) is 133 cm³/mol. The van der Waals surface area contributed by atoms with Crippen molar-refractivity contribution in [2.24, 2.45) is 5.41 Å². The molecular formula is C23H35N5O3S2. The molecule has 1 spiro atoms. The Kier molecular flexibility index (Phi) is 7.35. The second-order valence-corrected chi connectivity index (χ2v) is 13.1. The first-order chi connectivity index (χ1) is 15.7. The Labute approximate surface area is 202 Å². The van der Waals surface area contributed by atoms with Gasteiger partial charge in [0.15, 0.2) is 5.65 Å². The molecule has 8 nitrogen and oxygen atoms in total. The van der Waals surface area contributed by atoms with Crippen LogP contribution in [0.4, 0.5) is 5.95 Å². The van der Waals surface area contributed by atoms with E-state index in [0.29, 0.717) is 18.2 Å². The number of thioether (sulfide) groups is 1. The van der Waals surface area contributed by atoms with Crippen LogP contribution in [0, 0.1) is 5.41 Å². The van der Waals surface area contributed by atoms with E-state index in [0.717, 1.165) is 48.8 Å². The topological polar surface area (TPSA) is 88.8 Å². The first-order valence-corrected chi connectivity index (χ1v) is 13.8. The summed E-state index contributed by atoms with van der Waals surface area (Å²) < 4.78 is 22.8. The Morgan fingerprint density at radius 3 is 2.76 bits per heavy atom. The molecule has 1 N–H and O–H groups in total. The summed E-state index contributed by atoms with van der Waals surface area (Å²) in [5, 5.41) is 0. The van der Waals surface area contributed by atoms with Crippen LogP contribution in [0.5, 0.6) is 0 Å². The van der Waals surface area contributed by atoms with Crippen molar-refractivity contribution in [1.82, 2.24) is 19.1 Å². The lowest BCUT2D eigenvalue weighted by atomic mass is 9.74. The number of hydrogen-bond acceptors (Lipinski definition) is 7. The molecule has 10 heteroatoms. The number of fused-ring (bicyclic) bond motifs is 1. The van der Waals surface area contributed by atoms with Gasteiger partial charge in [-0.05, 0) is 51.9 Å². The Balaban J connectivity index is 1.44. The van der Waals surface area contributed by atoms with E-state index < -0.39 is 11.0 Å². The maximum Gasteiger partial charge on any atom is 0.306 e. The first kappa shape index (κ1) is 24.5. The van der Waals surface area contributed by atoms with Crippen molar-refractivity contribution >= 4 is 40.3 Å². The Hall–Kier alpha value is -1.65. The van der Waals surface area contributed by atoms with E-state index in [1.54, 1.807) is 18.0 Å². The average Bonchev–Trinajstić information content (AvgIpc) is 3.42. The van der Waals surface area contributed by atoms with Crippen molar-refractivity contribution < 1.29 is 13.7 Å². The highest BCUT2D eigenvalue weighted by molar-refractivity contribution is 7.99. The van der Waals surface area contributed by atoms with Gasteiger partial charge in [0.2, 0.25) is 5.95 Å². The number of methoxy groups -OCH3 is 1. The first-order valence-electron chi connectivity index (χ1n) is 11.7. The van der Waals surface area contributed by atoms with Gasteiger partial charge in [-0.2, -0.15) is 0 Å². The Morgan fingerprint density at radius 2 is 2.06 bits per heavy atom. The molecular weight excluding hydrogens is 458 g/mol. The van der Waals surface area contributed by atoms with Crippen LogP contribution in [-0.4, -0.2) is 61.3 Å². The SMILES string of the molecule is COC(=O)CCSc1cnc(N2CCC3(CCC[C@H]3N[S@@](=O)C(C)(C)C)CC2)n2ccnc12. The molecule has 2 atom stereocenters. The van der Waals surface area contributed by atoms with E-state index in [-0.39, 0.29) is 16.1 Å². The van der Waals surface area contributed by atoms with E-state index in [4.69, 9.17) is 9.72 Å². The number of nitrogens with zero attached hydrogens (tertiary/aromatic N) is 4. The third-order valence-electron chi connectivity index (χ3n) is 6.92. The molecule has 1 saturated carbocycles. The molecule has 1 saturated heterocycles. The average molecular weight is 494 g/mol. The Bertz CT molecular complexity index is 1010. The highest BCUT2D eigenvalue weighted by Crippen LogP contribution is 2.47. The lowest BCUT2D eigenvalue weighted by molar-refractivity contribution is -0.140. The monoisotopic (exact) mass is 493 g/mol. The van der Waals surface area contributed by atoms with E-state index in [1.807, 2.05) is 33.2 Å². The lowest BCUT2D eigenvalue weighted by Crippen LogP contribution is -2.51. The third-order valence-corrected chi connectivity index (χ3v) is 9.54. The molecule has 2 aliphatic rings. The van der Waals surface area contributed by atoms with Gasteiger partial charge in [0, 0.05) is 43.5 Å². The molecule has 0 aromatic carbocycles. The summed E-state index contributed by atoms with van der Waals surface area (Å²) in [5.41, 5.74) is 1.09. The van der Waals surface area contributed by atoms with Crippen LogP contribution in [-0.2, 0) is 20.5 Å². The molecule has 0 unspecified atom stereocenters. The minimum absolute atomic E-state index is 0.209. The normalized spacial score (nSPS) is 21.6. The van der Waals surface area contributed by atoms with Gasteiger partial charge < -0.3 is 9.64 Å². The van der Waals surface area contributed by atoms with Gasteiger partial charge in [-0.15, -0.1) is 11.8 Å². The van der Waals surface area contributed by atoms with Crippen molar-refractivity contribution in [2.45, 2.75) is 75.0 Å². The molecule has 1 aliphatic heterocycles. The molecule has 2 aromatic heterocycles. The van der Waals surface area contributed by atoms with Crippen LogP contribution >= 0.6 is 11.8 Å². The molecule has 0 radical (unpaired) electrons. The molecule has 1 aliphatic carbocycles. The number of anilines is 1. The predicted octanol–water partition coefficient (Wildman–Crippen LogP) is 3.58. The van der Waals surface area contributed by atoms with Gasteiger partial charge in [0.1, 0.15) is 0 Å². The maximum absolute atomic E-state index is 12.8. The molecule has 4 rings (SSSR count). The highest BCUT2D eigenvalue weighted by atomic mass is 32.2. The maximum atomic E-state index is 12.8. The highest BCUT2D eigenvalue weighted by Gasteiger charge is 2.46. The molecule has 182 valence electrons. The summed E-state index contributed by atoms with van der Waals surface area (Å²) in [6.07, 6.45) is 11.6. The lowest BCUT2D eigenvalue weighted by Gasteiger charge is -2.44. The van der Waals surface area contributed by atoms with Crippen LogP contribution < -0.4 is 9.62 Å². The Morgan fingerprint density at radius 1 is 1.30 bits per heavy atom. The molecule has 0 bridgehead atoms. The number of rotatable bonds is 7. The fourth-order valence-electron chi connectivity index (χ4n) is 4.94. The summed E-state index contributed by atoms with van der Waals surface area (Å²) in [7, 11) is 0.368. The summed E-state index contributed by atoms with van der Waals surface area (Å²) in [5.74, 6) is 1.34. The number of piperidine rings is 1. The number of aromatic nitrogens is 3. The van der Waals surface area contributed by atoms with Crippen molar-refractivity contribution in [3.63, 3.8) is 0 Å². The van der Waals surface area contributed by atoms with Gasteiger partial charge in [-0.1, -0.05) is 6.42 Å². The van der Waals surface area contributed by atoms with Gasteiger partial charge in [0.25, 0.3) is 0 Å². The molecule has 0 amide bonds. The standard InChI is InChI=1S/C23H35N5O3S2/c1-22(2,3)33(30)26-18-6-5-8-23(18)9-12-27(13-10-23)21-25-16-17(20-24-11-14-28(20)21)32-15-7-19(29)31-4/h11,14,16,18,26H,5-10,12-13,15H2,1-4H3/t18-,33+/m1/s1. The van der Waals surface area contributed by atoms with Crippen molar-refractivity contribution in [2.75, 3.05) is 30.9 Å². The summed E-state index contributed by atoms with van der Waals surface area (Å²) >= 11 is 1.57. The summed E-state index contributed by atoms with van der Waals surface area (Å²) in [6.45, 7) is 7.93. The van der Waals surface area contributed by atoms with Crippen LogP contribution in [0.3, 0.4) is 0 Å².